The Morgan fingerprint density at radius 2 is 2.00 bits per heavy atom. The van der Waals surface area contributed by atoms with Crippen molar-refractivity contribution in [2.24, 2.45) is 0 Å². The number of aromatic nitrogens is 3. The first-order valence-electron chi connectivity index (χ1n) is 8.68. The molecule has 2 aromatic rings. The third kappa shape index (κ3) is 3.51. The minimum Gasteiger partial charge on any atom is -0.336 e. The van der Waals surface area contributed by atoms with Gasteiger partial charge >= 0.3 is 0 Å². The molecule has 136 valence electrons. The number of carbonyl (C=O) groups is 2. The summed E-state index contributed by atoms with van der Waals surface area (Å²) in [4.78, 5) is 28.0. The summed E-state index contributed by atoms with van der Waals surface area (Å²) in [7, 11) is 0. The van der Waals surface area contributed by atoms with E-state index < -0.39 is 0 Å². The number of nitrogens with zero attached hydrogens (tertiary/aromatic N) is 5. The van der Waals surface area contributed by atoms with Crippen molar-refractivity contribution in [2.45, 2.75) is 26.3 Å². The molecule has 0 spiro atoms. The maximum Gasteiger partial charge on any atom is 0.246 e. The molecule has 1 aliphatic heterocycles. The quantitative estimate of drug-likeness (QED) is 0.778. The van der Waals surface area contributed by atoms with Gasteiger partial charge in [-0.25, -0.2) is 4.68 Å². The fourth-order valence-electron chi connectivity index (χ4n) is 3.24. The molecule has 0 aliphatic carbocycles. The fourth-order valence-corrected chi connectivity index (χ4v) is 3.24. The van der Waals surface area contributed by atoms with Crippen LogP contribution in [0.5, 0.6) is 0 Å². The summed E-state index contributed by atoms with van der Waals surface area (Å²) in [6, 6.07) is 9.68. The molecule has 0 N–H and O–H groups in total. The van der Waals surface area contributed by atoms with Crippen molar-refractivity contribution in [1.29, 1.82) is 0 Å². The summed E-state index contributed by atoms with van der Waals surface area (Å²) in [6.07, 6.45) is 1.52. The first-order valence-corrected chi connectivity index (χ1v) is 8.68. The van der Waals surface area contributed by atoms with Gasteiger partial charge in [-0.2, -0.15) is 0 Å². The number of rotatable bonds is 4. The number of amides is 2. The van der Waals surface area contributed by atoms with Gasteiger partial charge in [-0.3, -0.25) is 9.59 Å². The molecule has 7 heteroatoms. The van der Waals surface area contributed by atoms with Gasteiger partial charge in [0.05, 0.1) is 23.5 Å². The van der Waals surface area contributed by atoms with E-state index in [-0.39, 0.29) is 24.3 Å². The Balaban J connectivity index is 1.68. The van der Waals surface area contributed by atoms with E-state index in [9.17, 15) is 9.59 Å². The van der Waals surface area contributed by atoms with Gasteiger partial charge in [0.2, 0.25) is 11.8 Å². The van der Waals surface area contributed by atoms with Crippen LogP contribution in [0.4, 0.5) is 0 Å². The molecule has 1 fully saturated rings. The highest BCUT2D eigenvalue weighted by Crippen LogP contribution is 2.15. The third-order valence-corrected chi connectivity index (χ3v) is 4.74. The van der Waals surface area contributed by atoms with Crippen molar-refractivity contribution in [3.63, 3.8) is 0 Å². The van der Waals surface area contributed by atoms with E-state index in [4.69, 9.17) is 0 Å². The lowest BCUT2D eigenvalue weighted by molar-refractivity contribution is -0.139. The lowest BCUT2D eigenvalue weighted by atomic mass is 10.1. The molecule has 7 nitrogen and oxygen atoms in total. The zero-order valence-electron chi connectivity index (χ0n) is 15.1. The Morgan fingerprint density at radius 1 is 1.27 bits per heavy atom. The van der Waals surface area contributed by atoms with E-state index in [0.29, 0.717) is 25.3 Å². The van der Waals surface area contributed by atoms with E-state index in [0.717, 1.165) is 11.4 Å². The first-order chi connectivity index (χ1) is 12.5. The van der Waals surface area contributed by atoms with Crippen molar-refractivity contribution in [1.82, 2.24) is 24.8 Å². The van der Waals surface area contributed by atoms with Crippen molar-refractivity contribution >= 4 is 11.8 Å². The van der Waals surface area contributed by atoms with E-state index >= 15 is 0 Å². The van der Waals surface area contributed by atoms with Gasteiger partial charge in [-0.05, 0) is 32.1 Å². The molecule has 0 bridgehead atoms. The number of hydrogen-bond acceptors (Lipinski definition) is 4. The predicted molar refractivity (Wildman–Crippen MR) is 97.8 cm³/mol. The van der Waals surface area contributed by atoms with Gasteiger partial charge in [0.25, 0.3) is 0 Å². The molecule has 0 unspecified atom stereocenters. The molecule has 0 radical (unpaired) electrons. The van der Waals surface area contributed by atoms with Crippen LogP contribution in [0.3, 0.4) is 0 Å². The standard InChI is InChI=1S/C19H23N5O2/c1-4-18(25)22-10-11-23(14(2)13-22)19(26)12-17-15(3)24(21-20-17)16-8-6-5-7-9-16/h4-9,14H,1,10-13H2,2-3H3/t14-/m0/s1. The van der Waals surface area contributed by atoms with Gasteiger partial charge < -0.3 is 9.80 Å². The van der Waals surface area contributed by atoms with Crippen LogP contribution in [0.1, 0.15) is 18.3 Å². The number of piperazine rings is 1. The molecule has 1 saturated heterocycles. The van der Waals surface area contributed by atoms with E-state index in [1.165, 1.54) is 6.08 Å². The van der Waals surface area contributed by atoms with E-state index in [1.54, 1.807) is 9.58 Å². The molecule has 3 rings (SSSR count). The summed E-state index contributed by atoms with van der Waals surface area (Å²) >= 11 is 0. The van der Waals surface area contributed by atoms with Crippen molar-refractivity contribution in [3.8, 4) is 5.69 Å². The van der Waals surface area contributed by atoms with E-state index in [1.807, 2.05) is 49.1 Å². The highest BCUT2D eigenvalue weighted by atomic mass is 16.2. The molecule has 2 heterocycles. The first kappa shape index (κ1) is 17.8. The van der Waals surface area contributed by atoms with Crippen LogP contribution in [0.2, 0.25) is 0 Å². The average molecular weight is 353 g/mol. The number of para-hydroxylation sites is 1. The zero-order chi connectivity index (χ0) is 18.7. The van der Waals surface area contributed by atoms with Gasteiger partial charge in [-0.1, -0.05) is 30.0 Å². The average Bonchev–Trinajstić information content (AvgIpc) is 3.02. The van der Waals surface area contributed by atoms with Crippen molar-refractivity contribution < 1.29 is 9.59 Å². The molecule has 2 amide bonds. The van der Waals surface area contributed by atoms with Crippen LogP contribution in [0, 0.1) is 6.92 Å². The van der Waals surface area contributed by atoms with Crippen molar-refractivity contribution in [2.75, 3.05) is 19.6 Å². The number of carbonyl (C=O) groups excluding carboxylic acids is 2. The summed E-state index contributed by atoms with van der Waals surface area (Å²) in [5.41, 5.74) is 2.45. The minimum absolute atomic E-state index is 0.00594. The topological polar surface area (TPSA) is 71.3 Å². The highest BCUT2D eigenvalue weighted by molar-refractivity contribution is 5.87. The highest BCUT2D eigenvalue weighted by Gasteiger charge is 2.29. The molecule has 1 atom stereocenters. The van der Waals surface area contributed by atoms with Gasteiger partial charge in [-0.15, -0.1) is 5.10 Å². The molecule has 1 aliphatic rings. The smallest absolute Gasteiger partial charge is 0.246 e. The Morgan fingerprint density at radius 3 is 2.65 bits per heavy atom. The molecular weight excluding hydrogens is 330 g/mol. The molecular formula is C19H23N5O2. The second-order valence-electron chi connectivity index (χ2n) is 6.47. The summed E-state index contributed by atoms with van der Waals surface area (Å²) < 4.78 is 1.74. The van der Waals surface area contributed by atoms with Crippen LogP contribution < -0.4 is 0 Å². The Bertz CT molecular complexity index is 815. The number of benzene rings is 1. The normalized spacial score (nSPS) is 17.2. The van der Waals surface area contributed by atoms with Crippen LogP contribution in [-0.4, -0.2) is 62.3 Å². The SMILES string of the molecule is C=CC(=O)N1CCN(C(=O)Cc2nnn(-c3ccccc3)c2C)[C@@H](C)C1. The molecule has 1 aromatic carbocycles. The van der Waals surface area contributed by atoms with Crippen LogP contribution in [0.15, 0.2) is 43.0 Å². The summed E-state index contributed by atoms with van der Waals surface area (Å²) in [5.74, 6) is -0.0861. The maximum absolute atomic E-state index is 12.7. The van der Waals surface area contributed by atoms with Gasteiger partial charge in [0, 0.05) is 25.7 Å². The minimum atomic E-state index is -0.0920. The number of hydrogen-bond donors (Lipinski definition) is 0. The van der Waals surface area contributed by atoms with Crippen LogP contribution >= 0.6 is 0 Å². The fraction of sp³-hybridized carbons (Fsp3) is 0.368. The summed E-state index contributed by atoms with van der Waals surface area (Å²) in [6.45, 7) is 8.95. The van der Waals surface area contributed by atoms with Gasteiger partial charge in [0.1, 0.15) is 0 Å². The second kappa shape index (κ2) is 7.51. The van der Waals surface area contributed by atoms with Gasteiger partial charge in [0.15, 0.2) is 0 Å². The maximum atomic E-state index is 12.7. The zero-order valence-corrected chi connectivity index (χ0v) is 15.1. The second-order valence-corrected chi connectivity index (χ2v) is 6.47. The Labute approximate surface area is 152 Å². The lowest BCUT2D eigenvalue weighted by Crippen LogP contribution is -2.55. The van der Waals surface area contributed by atoms with Crippen molar-refractivity contribution in [3.05, 3.63) is 54.4 Å². The molecule has 1 aromatic heterocycles. The third-order valence-electron chi connectivity index (χ3n) is 4.74. The van der Waals surface area contributed by atoms with E-state index in [2.05, 4.69) is 16.9 Å². The lowest BCUT2D eigenvalue weighted by Gasteiger charge is -2.39. The Hall–Kier alpha value is -2.96. The predicted octanol–water partition coefficient (Wildman–Crippen LogP) is 1.36. The van der Waals surface area contributed by atoms with Crippen LogP contribution in [0.25, 0.3) is 5.69 Å². The van der Waals surface area contributed by atoms with Crippen LogP contribution in [-0.2, 0) is 16.0 Å². The molecule has 26 heavy (non-hydrogen) atoms. The largest absolute Gasteiger partial charge is 0.336 e. The monoisotopic (exact) mass is 353 g/mol. The summed E-state index contributed by atoms with van der Waals surface area (Å²) in [5, 5.41) is 8.38. The Kier molecular flexibility index (Phi) is 5.16. The molecule has 0 saturated carbocycles.